The monoisotopic (exact) mass is 321 g/mol. The lowest BCUT2D eigenvalue weighted by atomic mass is 9.81. The number of hydrogen-bond acceptors (Lipinski definition) is 4. The van der Waals surface area contributed by atoms with Crippen molar-refractivity contribution >= 4 is 17.7 Å². The molecule has 1 saturated heterocycles. The van der Waals surface area contributed by atoms with Gasteiger partial charge in [0.25, 0.3) is 0 Å². The summed E-state index contributed by atoms with van der Waals surface area (Å²) in [6, 6.07) is 8.09. The zero-order valence-electron chi connectivity index (χ0n) is 13.0. The van der Waals surface area contributed by atoms with Crippen LogP contribution in [0.15, 0.2) is 29.2 Å². The summed E-state index contributed by atoms with van der Waals surface area (Å²) < 4.78 is 5.78. The number of carboxylic acids is 1. The van der Waals surface area contributed by atoms with Crippen LogP contribution in [0, 0.1) is 11.3 Å². The molecule has 2 atom stereocenters. The Morgan fingerprint density at radius 1 is 1.45 bits per heavy atom. The van der Waals surface area contributed by atoms with E-state index < -0.39 is 11.4 Å². The molecule has 120 valence electrons. The van der Waals surface area contributed by atoms with Crippen LogP contribution in [0.1, 0.15) is 19.3 Å². The molecule has 0 aromatic heterocycles. The van der Waals surface area contributed by atoms with Crippen LogP contribution in [0.5, 0.6) is 5.75 Å². The van der Waals surface area contributed by atoms with Crippen LogP contribution < -0.4 is 4.74 Å². The van der Waals surface area contributed by atoms with Crippen LogP contribution in [0.2, 0.25) is 0 Å². The van der Waals surface area contributed by atoms with Gasteiger partial charge in [-0.3, -0.25) is 9.69 Å². The fraction of sp³-hybridized carbons (Fsp3) is 0.588. The van der Waals surface area contributed by atoms with Crippen LogP contribution >= 0.6 is 11.8 Å². The fourth-order valence-corrected chi connectivity index (χ4v) is 4.29. The molecule has 1 aliphatic carbocycles. The SMILES string of the molecule is CSc1ccc(OCCN2C[C@@H]3CCC[C@@]3(C(=O)O)C2)cc1. The normalized spacial score (nSPS) is 27.8. The second-order valence-electron chi connectivity index (χ2n) is 6.31. The predicted molar refractivity (Wildman–Crippen MR) is 87.6 cm³/mol. The average Bonchev–Trinajstić information content (AvgIpc) is 3.06. The number of nitrogens with zero attached hydrogens (tertiary/aromatic N) is 1. The first-order valence-corrected chi connectivity index (χ1v) is 9.09. The number of aliphatic carboxylic acids is 1. The summed E-state index contributed by atoms with van der Waals surface area (Å²) in [6.45, 7) is 3.00. The molecule has 1 aromatic carbocycles. The zero-order chi connectivity index (χ0) is 15.6. The highest BCUT2D eigenvalue weighted by Crippen LogP contribution is 2.48. The van der Waals surface area contributed by atoms with Crippen molar-refractivity contribution in [2.45, 2.75) is 24.2 Å². The Kier molecular flexibility index (Phi) is 4.64. The van der Waals surface area contributed by atoms with Crippen LogP contribution in [0.3, 0.4) is 0 Å². The molecule has 0 bridgehead atoms. The maximum absolute atomic E-state index is 11.6. The third-order valence-electron chi connectivity index (χ3n) is 5.10. The van der Waals surface area contributed by atoms with E-state index in [2.05, 4.69) is 23.3 Å². The lowest BCUT2D eigenvalue weighted by Gasteiger charge is -2.23. The minimum atomic E-state index is -0.605. The number of rotatable bonds is 6. The first-order valence-electron chi connectivity index (χ1n) is 7.87. The van der Waals surface area contributed by atoms with Crippen LogP contribution in [-0.4, -0.2) is 48.5 Å². The summed E-state index contributed by atoms with van der Waals surface area (Å²) >= 11 is 1.71. The summed E-state index contributed by atoms with van der Waals surface area (Å²) in [5.41, 5.74) is -0.486. The van der Waals surface area contributed by atoms with Crippen molar-refractivity contribution in [1.29, 1.82) is 0 Å². The smallest absolute Gasteiger partial charge is 0.311 e. The molecular weight excluding hydrogens is 298 g/mol. The topological polar surface area (TPSA) is 49.8 Å². The van der Waals surface area contributed by atoms with E-state index >= 15 is 0 Å². The van der Waals surface area contributed by atoms with E-state index in [1.165, 1.54) is 4.90 Å². The van der Waals surface area contributed by atoms with Gasteiger partial charge in [0, 0.05) is 24.5 Å². The van der Waals surface area contributed by atoms with Gasteiger partial charge in [0.05, 0.1) is 5.41 Å². The van der Waals surface area contributed by atoms with Crippen molar-refractivity contribution < 1.29 is 14.6 Å². The van der Waals surface area contributed by atoms with E-state index in [0.29, 0.717) is 19.1 Å². The van der Waals surface area contributed by atoms with E-state index in [1.807, 2.05) is 12.1 Å². The Morgan fingerprint density at radius 2 is 2.23 bits per heavy atom. The summed E-state index contributed by atoms with van der Waals surface area (Å²) in [6.07, 6.45) is 5.00. The molecule has 0 amide bonds. The van der Waals surface area contributed by atoms with Gasteiger partial charge in [-0.25, -0.2) is 0 Å². The largest absolute Gasteiger partial charge is 0.492 e. The van der Waals surface area contributed by atoms with Gasteiger partial charge in [-0.2, -0.15) is 0 Å². The molecule has 4 nitrogen and oxygen atoms in total. The number of ether oxygens (including phenoxy) is 1. The second kappa shape index (κ2) is 6.50. The molecule has 1 N–H and O–H groups in total. The summed E-state index contributed by atoms with van der Waals surface area (Å²) in [4.78, 5) is 15.1. The molecule has 5 heteroatoms. The highest BCUT2D eigenvalue weighted by Gasteiger charge is 2.54. The lowest BCUT2D eigenvalue weighted by molar-refractivity contribution is -0.149. The maximum Gasteiger partial charge on any atom is 0.311 e. The standard InChI is InChI=1S/C17H23NO3S/c1-22-15-6-4-14(5-7-15)21-10-9-18-11-13-3-2-8-17(13,12-18)16(19)20/h4-7,13H,2-3,8-12H2,1H3,(H,19,20)/t13-,17+/m0/s1. The highest BCUT2D eigenvalue weighted by atomic mass is 32.2. The van der Waals surface area contributed by atoms with Crippen LogP contribution in [0.4, 0.5) is 0 Å². The third kappa shape index (κ3) is 2.97. The Balaban J connectivity index is 1.49. The molecule has 1 aliphatic heterocycles. The number of hydrogen-bond donors (Lipinski definition) is 1. The van der Waals surface area contributed by atoms with Gasteiger partial charge in [-0.05, 0) is 49.3 Å². The van der Waals surface area contributed by atoms with Crippen molar-refractivity contribution in [1.82, 2.24) is 4.90 Å². The second-order valence-corrected chi connectivity index (χ2v) is 7.19. The first-order chi connectivity index (χ1) is 10.6. The van der Waals surface area contributed by atoms with E-state index in [1.54, 1.807) is 11.8 Å². The van der Waals surface area contributed by atoms with Crippen molar-refractivity contribution in [3.05, 3.63) is 24.3 Å². The number of carbonyl (C=O) groups is 1. The quantitative estimate of drug-likeness (QED) is 0.816. The van der Waals surface area contributed by atoms with Gasteiger partial charge in [-0.1, -0.05) is 6.42 Å². The van der Waals surface area contributed by atoms with E-state index in [-0.39, 0.29) is 0 Å². The number of benzene rings is 1. The van der Waals surface area contributed by atoms with E-state index in [4.69, 9.17) is 4.74 Å². The molecule has 22 heavy (non-hydrogen) atoms. The van der Waals surface area contributed by atoms with E-state index in [0.717, 1.165) is 38.1 Å². The summed E-state index contributed by atoms with van der Waals surface area (Å²) in [5.74, 6) is 0.599. The lowest BCUT2D eigenvalue weighted by Crippen LogP contribution is -2.36. The minimum Gasteiger partial charge on any atom is -0.492 e. The molecule has 2 aliphatic rings. The van der Waals surface area contributed by atoms with Gasteiger partial charge >= 0.3 is 5.97 Å². The van der Waals surface area contributed by atoms with Gasteiger partial charge in [-0.15, -0.1) is 11.8 Å². The van der Waals surface area contributed by atoms with Crippen molar-refractivity contribution in [2.75, 3.05) is 32.5 Å². The van der Waals surface area contributed by atoms with Gasteiger partial charge < -0.3 is 9.84 Å². The molecular formula is C17H23NO3S. The molecule has 1 aromatic rings. The van der Waals surface area contributed by atoms with Crippen molar-refractivity contribution in [3.8, 4) is 5.75 Å². The molecule has 1 heterocycles. The molecule has 0 unspecified atom stereocenters. The zero-order valence-corrected chi connectivity index (χ0v) is 13.8. The maximum atomic E-state index is 11.6. The van der Waals surface area contributed by atoms with Crippen LogP contribution in [0.25, 0.3) is 0 Å². The Bertz CT molecular complexity index is 533. The first kappa shape index (κ1) is 15.7. The molecule has 2 fully saturated rings. The van der Waals surface area contributed by atoms with E-state index in [9.17, 15) is 9.90 Å². The number of fused-ring (bicyclic) bond motifs is 1. The Labute approximate surface area is 135 Å². The van der Waals surface area contributed by atoms with Gasteiger partial charge in [0.1, 0.15) is 12.4 Å². The molecule has 0 spiro atoms. The minimum absolute atomic E-state index is 0.325. The number of likely N-dealkylation sites (tertiary alicyclic amines) is 1. The predicted octanol–water partition coefficient (Wildman–Crippen LogP) is 2.97. The number of thioether (sulfide) groups is 1. The summed E-state index contributed by atoms with van der Waals surface area (Å²) in [5, 5.41) is 9.58. The number of carboxylic acid groups (broad SMARTS) is 1. The average molecular weight is 321 g/mol. The molecule has 1 saturated carbocycles. The fourth-order valence-electron chi connectivity index (χ4n) is 3.88. The van der Waals surface area contributed by atoms with Gasteiger partial charge in [0.15, 0.2) is 0 Å². The molecule has 3 rings (SSSR count). The summed E-state index contributed by atoms with van der Waals surface area (Å²) in [7, 11) is 0. The third-order valence-corrected chi connectivity index (χ3v) is 5.85. The Morgan fingerprint density at radius 3 is 2.86 bits per heavy atom. The van der Waals surface area contributed by atoms with Crippen LogP contribution in [-0.2, 0) is 4.79 Å². The van der Waals surface area contributed by atoms with Gasteiger partial charge in [0.2, 0.25) is 0 Å². The highest BCUT2D eigenvalue weighted by molar-refractivity contribution is 7.98. The van der Waals surface area contributed by atoms with Crippen molar-refractivity contribution in [3.63, 3.8) is 0 Å². The van der Waals surface area contributed by atoms with Crippen molar-refractivity contribution in [2.24, 2.45) is 11.3 Å². The Hall–Kier alpha value is -1.20. The molecule has 0 radical (unpaired) electrons.